The Hall–Kier alpha value is -4.37. The molecule has 0 fully saturated rings. The summed E-state index contributed by atoms with van der Waals surface area (Å²) in [6.45, 7) is 0. The van der Waals surface area contributed by atoms with Gasteiger partial charge in [-0.1, -0.05) is 30.3 Å². The average molecular weight is 393 g/mol. The third-order valence-electron chi connectivity index (χ3n) is 4.43. The van der Waals surface area contributed by atoms with Gasteiger partial charge in [0.15, 0.2) is 0 Å². The van der Waals surface area contributed by atoms with Gasteiger partial charge in [-0.05, 0) is 48.5 Å². The Morgan fingerprint density at radius 2 is 1.47 bits per heavy atom. The minimum atomic E-state index is 0.456. The zero-order valence-electron chi connectivity index (χ0n) is 16.3. The second kappa shape index (κ2) is 8.76. The number of hydrogen-bond donors (Lipinski definition) is 2. The zero-order chi connectivity index (χ0) is 20.8. The van der Waals surface area contributed by atoms with E-state index in [-0.39, 0.29) is 0 Å². The van der Waals surface area contributed by atoms with E-state index in [4.69, 9.17) is 10.00 Å². The topological polar surface area (TPSA) is 82.9 Å². The number of benzene rings is 3. The smallest absolute Gasteiger partial charge is 0.229 e. The lowest BCUT2D eigenvalue weighted by Crippen LogP contribution is -2.02. The van der Waals surface area contributed by atoms with Crippen molar-refractivity contribution < 1.29 is 4.74 Å². The highest BCUT2D eigenvalue weighted by Crippen LogP contribution is 2.26. The number of nitriles is 1. The Morgan fingerprint density at radius 3 is 2.13 bits per heavy atom. The van der Waals surface area contributed by atoms with Crippen molar-refractivity contribution in [2.45, 2.75) is 0 Å². The van der Waals surface area contributed by atoms with Gasteiger partial charge >= 0.3 is 0 Å². The maximum absolute atomic E-state index is 8.98. The van der Waals surface area contributed by atoms with Gasteiger partial charge in [0.1, 0.15) is 11.6 Å². The van der Waals surface area contributed by atoms with E-state index in [0.717, 1.165) is 28.4 Å². The average Bonchev–Trinajstić information content (AvgIpc) is 2.80. The highest BCUT2D eigenvalue weighted by Gasteiger charge is 2.08. The fourth-order valence-electron chi connectivity index (χ4n) is 2.90. The van der Waals surface area contributed by atoms with Crippen LogP contribution in [0.4, 0.5) is 23.1 Å². The Kier molecular flexibility index (Phi) is 5.54. The van der Waals surface area contributed by atoms with E-state index in [9.17, 15) is 0 Å². The van der Waals surface area contributed by atoms with Crippen LogP contribution < -0.4 is 15.4 Å². The molecule has 1 heterocycles. The molecule has 0 unspecified atom stereocenters. The molecule has 0 spiro atoms. The second-order valence-electron chi connectivity index (χ2n) is 6.50. The first-order valence-electron chi connectivity index (χ1n) is 9.36. The molecule has 146 valence electrons. The van der Waals surface area contributed by atoms with E-state index in [1.165, 1.54) is 0 Å². The van der Waals surface area contributed by atoms with E-state index in [1.54, 1.807) is 19.2 Å². The van der Waals surface area contributed by atoms with Crippen LogP contribution in [0.3, 0.4) is 0 Å². The molecule has 6 nitrogen and oxygen atoms in total. The molecule has 6 heteroatoms. The Morgan fingerprint density at radius 1 is 0.800 bits per heavy atom. The second-order valence-corrected chi connectivity index (χ2v) is 6.50. The molecule has 1 aromatic heterocycles. The summed E-state index contributed by atoms with van der Waals surface area (Å²) in [6, 6.07) is 28.7. The first-order valence-corrected chi connectivity index (χ1v) is 9.36. The monoisotopic (exact) mass is 393 g/mol. The summed E-state index contributed by atoms with van der Waals surface area (Å²) in [6.07, 6.45) is 0. The van der Waals surface area contributed by atoms with Gasteiger partial charge in [0.25, 0.3) is 0 Å². The predicted molar refractivity (Wildman–Crippen MR) is 118 cm³/mol. The molecule has 4 rings (SSSR count). The Bertz CT molecular complexity index is 1170. The van der Waals surface area contributed by atoms with Crippen molar-refractivity contribution in [3.05, 3.63) is 90.5 Å². The van der Waals surface area contributed by atoms with Crippen LogP contribution in [0.2, 0.25) is 0 Å². The molecular weight excluding hydrogens is 374 g/mol. The van der Waals surface area contributed by atoms with Gasteiger partial charge in [-0.15, -0.1) is 0 Å². The molecule has 0 aliphatic heterocycles. The first kappa shape index (κ1) is 19.0. The lowest BCUT2D eigenvalue weighted by Gasteiger charge is -2.12. The van der Waals surface area contributed by atoms with E-state index in [1.807, 2.05) is 72.8 Å². The number of rotatable bonds is 6. The molecule has 3 aromatic carbocycles. The standard InChI is InChI=1S/C24H19N5O/c1-30-21-13-11-19(12-14-21)26-23-15-22(18-5-3-2-4-6-18)28-24(29-23)27-20-9-7-17(16-25)8-10-20/h2-15H,1H3,(H2,26,27,28,29). The number of methoxy groups -OCH3 is 1. The van der Waals surface area contributed by atoms with Crippen LogP contribution in [0, 0.1) is 11.3 Å². The van der Waals surface area contributed by atoms with Crippen molar-refractivity contribution in [1.29, 1.82) is 5.26 Å². The molecule has 2 N–H and O–H groups in total. The molecule has 0 radical (unpaired) electrons. The zero-order valence-corrected chi connectivity index (χ0v) is 16.3. The van der Waals surface area contributed by atoms with Gasteiger partial charge in [-0.25, -0.2) is 4.98 Å². The van der Waals surface area contributed by atoms with Crippen molar-refractivity contribution in [3.8, 4) is 23.1 Å². The van der Waals surface area contributed by atoms with E-state index >= 15 is 0 Å². The van der Waals surface area contributed by atoms with E-state index in [2.05, 4.69) is 26.7 Å². The first-order chi connectivity index (χ1) is 14.7. The number of hydrogen-bond acceptors (Lipinski definition) is 6. The van der Waals surface area contributed by atoms with Crippen LogP contribution in [0.15, 0.2) is 84.9 Å². The van der Waals surface area contributed by atoms with E-state index < -0.39 is 0 Å². The van der Waals surface area contributed by atoms with E-state index in [0.29, 0.717) is 17.3 Å². The third kappa shape index (κ3) is 4.54. The number of aromatic nitrogens is 2. The maximum atomic E-state index is 8.98. The van der Waals surface area contributed by atoms with Gasteiger partial charge in [-0.2, -0.15) is 10.2 Å². The number of nitrogens with zero attached hydrogens (tertiary/aromatic N) is 3. The largest absolute Gasteiger partial charge is 0.497 e. The molecular formula is C24H19N5O. The maximum Gasteiger partial charge on any atom is 0.229 e. The van der Waals surface area contributed by atoms with Crippen molar-refractivity contribution in [2.75, 3.05) is 17.7 Å². The molecule has 30 heavy (non-hydrogen) atoms. The highest BCUT2D eigenvalue weighted by molar-refractivity contribution is 5.69. The number of nitrogens with one attached hydrogen (secondary N) is 2. The molecule has 0 aliphatic carbocycles. The fraction of sp³-hybridized carbons (Fsp3) is 0.0417. The predicted octanol–water partition coefficient (Wildman–Crippen LogP) is 5.51. The minimum absolute atomic E-state index is 0.456. The van der Waals surface area contributed by atoms with Crippen LogP contribution in [0.25, 0.3) is 11.3 Å². The van der Waals surface area contributed by atoms with Gasteiger partial charge in [-0.3, -0.25) is 0 Å². The highest BCUT2D eigenvalue weighted by atomic mass is 16.5. The van der Waals surface area contributed by atoms with Crippen molar-refractivity contribution in [3.63, 3.8) is 0 Å². The van der Waals surface area contributed by atoms with Gasteiger partial charge in [0, 0.05) is 23.0 Å². The summed E-state index contributed by atoms with van der Waals surface area (Å²) in [4.78, 5) is 9.27. The van der Waals surface area contributed by atoms with Gasteiger partial charge < -0.3 is 15.4 Å². The van der Waals surface area contributed by atoms with Crippen molar-refractivity contribution in [2.24, 2.45) is 0 Å². The minimum Gasteiger partial charge on any atom is -0.497 e. The summed E-state index contributed by atoms with van der Waals surface area (Å²) < 4.78 is 5.21. The molecule has 0 bridgehead atoms. The molecule has 0 atom stereocenters. The number of ether oxygens (including phenoxy) is 1. The summed E-state index contributed by atoms with van der Waals surface area (Å²) in [5, 5.41) is 15.5. The quantitative estimate of drug-likeness (QED) is 0.449. The summed E-state index contributed by atoms with van der Waals surface area (Å²) in [5.41, 5.74) is 4.06. The number of anilines is 4. The lowest BCUT2D eigenvalue weighted by molar-refractivity contribution is 0.415. The molecule has 0 saturated heterocycles. The Balaban J connectivity index is 1.67. The summed E-state index contributed by atoms with van der Waals surface area (Å²) in [5.74, 6) is 1.90. The molecule has 0 saturated carbocycles. The Labute approximate surface area is 174 Å². The third-order valence-corrected chi connectivity index (χ3v) is 4.43. The van der Waals surface area contributed by atoms with Crippen LogP contribution in [-0.4, -0.2) is 17.1 Å². The van der Waals surface area contributed by atoms with Gasteiger partial charge in [0.2, 0.25) is 5.95 Å². The fourth-order valence-corrected chi connectivity index (χ4v) is 2.90. The van der Waals surface area contributed by atoms with Crippen molar-refractivity contribution >= 4 is 23.1 Å². The molecule has 4 aromatic rings. The van der Waals surface area contributed by atoms with Crippen LogP contribution in [0.5, 0.6) is 5.75 Å². The molecule has 0 aliphatic rings. The van der Waals surface area contributed by atoms with Crippen LogP contribution >= 0.6 is 0 Å². The lowest BCUT2D eigenvalue weighted by atomic mass is 10.1. The normalized spacial score (nSPS) is 10.1. The van der Waals surface area contributed by atoms with Crippen LogP contribution in [-0.2, 0) is 0 Å². The summed E-state index contributed by atoms with van der Waals surface area (Å²) in [7, 11) is 1.64. The van der Waals surface area contributed by atoms with Crippen molar-refractivity contribution in [1.82, 2.24) is 9.97 Å². The van der Waals surface area contributed by atoms with Crippen LogP contribution in [0.1, 0.15) is 5.56 Å². The SMILES string of the molecule is COc1ccc(Nc2cc(-c3ccccc3)nc(Nc3ccc(C#N)cc3)n2)cc1. The van der Waals surface area contributed by atoms with Gasteiger partial charge in [0.05, 0.1) is 24.4 Å². The summed E-state index contributed by atoms with van der Waals surface area (Å²) >= 11 is 0. The molecule has 0 amide bonds.